The smallest absolute Gasteiger partial charge is 0.307 e. The zero-order chi connectivity index (χ0) is 10.6. The first-order valence-corrected chi connectivity index (χ1v) is 4.87. The van der Waals surface area contributed by atoms with Crippen molar-refractivity contribution < 1.29 is 9.53 Å². The number of hydrogen-bond donors (Lipinski definition) is 1. The third kappa shape index (κ3) is 2.78. The third-order valence-corrected chi connectivity index (χ3v) is 2.46. The minimum Gasteiger partial charge on any atom is -0.469 e. The first-order valence-electron chi connectivity index (χ1n) is 4.08. The average Bonchev–Trinajstić information content (AvgIpc) is 2.18. The predicted molar refractivity (Wildman–Crippen MR) is 55.5 cm³/mol. The molecule has 1 atom stereocenters. The zero-order valence-corrected chi connectivity index (χ0v) is 9.32. The lowest BCUT2D eigenvalue weighted by molar-refractivity contribution is -0.141. The van der Waals surface area contributed by atoms with E-state index in [1.807, 2.05) is 6.07 Å². The highest BCUT2D eigenvalue weighted by Gasteiger charge is 2.14. The molecule has 5 heteroatoms. The topological polar surface area (TPSA) is 65.2 Å². The van der Waals surface area contributed by atoms with Gasteiger partial charge in [0.05, 0.1) is 13.5 Å². The number of pyridine rings is 1. The first-order chi connectivity index (χ1) is 6.65. The molecule has 0 radical (unpaired) electrons. The Hall–Kier alpha value is -0.940. The number of ether oxygens (including phenoxy) is 1. The summed E-state index contributed by atoms with van der Waals surface area (Å²) in [4.78, 5) is 15.0. The fraction of sp³-hybridized carbons (Fsp3) is 0.333. The molecule has 1 heterocycles. The Labute approximate surface area is 90.6 Å². The standard InChI is InChI=1S/C9H11BrN2O2/c1-14-8(13)5-7(11)6-3-2-4-12-9(6)10/h2-4,7H,5,11H2,1H3. The third-order valence-electron chi connectivity index (χ3n) is 1.80. The van der Waals surface area contributed by atoms with Crippen LogP contribution in [0.25, 0.3) is 0 Å². The van der Waals surface area contributed by atoms with Crippen LogP contribution in [0, 0.1) is 0 Å². The molecule has 14 heavy (non-hydrogen) atoms. The molecule has 1 rings (SSSR count). The molecule has 1 aromatic heterocycles. The van der Waals surface area contributed by atoms with E-state index < -0.39 is 0 Å². The van der Waals surface area contributed by atoms with Crippen LogP contribution < -0.4 is 5.73 Å². The molecule has 0 bridgehead atoms. The van der Waals surface area contributed by atoms with Gasteiger partial charge in [0.1, 0.15) is 4.60 Å². The van der Waals surface area contributed by atoms with Crippen LogP contribution in [0.2, 0.25) is 0 Å². The molecule has 0 amide bonds. The van der Waals surface area contributed by atoms with E-state index in [1.165, 1.54) is 7.11 Å². The number of halogens is 1. The molecule has 0 saturated carbocycles. The van der Waals surface area contributed by atoms with Gasteiger partial charge >= 0.3 is 5.97 Å². The van der Waals surface area contributed by atoms with Crippen LogP contribution in [-0.4, -0.2) is 18.1 Å². The number of nitrogens with zero attached hydrogens (tertiary/aromatic N) is 1. The second kappa shape index (κ2) is 5.07. The molecule has 0 saturated heterocycles. The van der Waals surface area contributed by atoms with Gasteiger partial charge in [-0.3, -0.25) is 4.79 Å². The Morgan fingerprint density at radius 2 is 2.50 bits per heavy atom. The van der Waals surface area contributed by atoms with E-state index >= 15 is 0 Å². The van der Waals surface area contributed by atoms with Crippen molar-refractivity contribution in [3.63, 3.8) is 0 Å². The van der Waals surface area contributed by atoms with E-state index in [0.29, 0.717) is 4.60 Å². The van der Waals surface area contributed by atoms with Crippen molar-refractivity contribution in [1.82, 2.24) is 4.98 Å². The zero-order valence-electron chi connectivity index (χ0n) is 7.74. The Balaban J connectivity index is 2.74. The molecule has 76 valence electrons. The van der Waals surface area contributed by atoms with Gasteiger partial charge in [-0.05, 0) is 22.0 Å². The van der Waals surface area contributed by atoms with Gasteiger partial charge in [0.15, 0.2) is 0 Å². The molecule has 4 nitrogen and oxygen atoms in total. The highest BCUT2D eigenvalue weighted by Crippen LogP contribution is 2.21. The van der Waals surface area contributed by atoms with Crippen LogP contribution in [0.3, 0.4) is 0 Å². The molecule has 1 aromatic rings. The first kappa shape index (κ1) is 11.1. The Bertz CT molecular complexity index is 330. The normalized spacial score (nSPS) is 12.2. The van der Waals surface area contributed by atoms with Gasteiger partial charge in [0.25, 0.3) is 0 Å². The number of esters is 1. The van der Waals surface area contributed by atoms with Crippen LogP contribution in [0.15, 0.2) is 22.9 Å². The lowest BCUT2D eigenvalue weighted by Gasteiger charge is -2.11. The van der Waals surface area contributed by atoms with E-state index in [-0.39, 0.29) is 18.4 Å². The number of nitrogens with two attached hydrogens (primary N) is 1. The molecule has 2 N–H and O–H groups in total. The van der Waals surface area contributed by atoms with E-state index in [9.17, 15) is 4.79 Å². The quantitative estimate of drug-likeness (QED) is 0.658. The number of aromatic nitrogens is 1. The Morgan fingerprint density at radius 1 is 1.79 bits per heavy atom. The highest BCUT2D eigenvalue weighted by molar-refractivity contribution is 9.10. The monoisotopic (exact) mass is 258 g/mol. The summed E-state index contributed by atoms with van der Waals surface area (Å²) in [7, 11) is 1.34. The molecule has 1 unspecified atom stereocenters. The second-order valence-corrected chi connectivity index (χ2v) is 3.52. The van der Waals surface area contributed by atoms with Crippen LogP contribution in [0.4, 0.5) is 0 Å². The number of hydrogen-bond acceptors (Lipinski definition) is 4. The molecule has 0 spiro atoms. The van der Waals surface area contributed by atoms with Crippen molar-refractivity contribution in [3.8, 4) is 0 Å². The molecule has 0 fully saturated rings. The highest BCUT2D eigenvalue weighted by atomic mass is 79.9. The Kier molecular flexibility index (Phi) is 4.03. The van der Waals surface area contributed by atoms with Crippen LogP contribution in [-0.2, 0) is 9.53 Å². The van der Waals surface area contributed by atoms with Crippen LogP contribution >= 0.6 is 15.9 Å². The molecular formula is C9H11BrN2O2. The lowest BCUT2D eigenvalue weighted by atomic mass is 10.1. The van der Waals surface area contributed by atoms with Gasteiger partial charge in [-0.1, -0.05) is 6.07 Å². The molecule has 0 aliphatic carbocycles. The summed E-state index contributed by atoms with van der Waals surface area (Å²) < 4.78 is 5.19. The number of methoxy groups -OCH3 is 1. The summed E-state index contributed by atoms with van der Waals surface area (Å²) in [5, 5.41) is 0. The van der Waals surface area contributed by atoms with E-state index in [1.54, 1.807) is 12.3 Å². The summed E-state index contributed by atoms with van der Waals surface area (Å²) in [6.07, 6.45) is 1.80. The number of carbonyl (C=O) groups is 1. The number of carbonyl (C=O) groups excluding carboxylic acids is 1. The second-order valence-electron chi connectivity index (χ2n) is 2.77. The SMILES string of the molecule is COC(=O)CC(N)c1cccnc1Br. The van der Waals surface area contributed by atoms with Crippen molar-refractivity contribution in [2.75, 3.05) is 7.11 Å². The van der Waals surface area contributed by atoms with Crippen LogP contribution in [0.1, 0.15) is 18.0 Å². The van der Waals surface area contributed by atoms with Crippen molar-refractivity contribution >= 4 is 21.9 Å². The average molecular weight is 259 g/mol. The van der Waals surface area contributed by atoms with E-state index in [0.717, 1.165) is 5.56 Å². The van der Waals surface area contributed by atoms with Gasteiger partial charge in [-0.2, -0.15) is 0 Å². The van der Waals surface area contributed by atoms with Crippen molar-refractivity contribution in [2.45, 2.75) is 12.5 Å². The van der Waals surface area contributed by atoms with Gasteiger partial charge in [0.2, 0.25) is 0 Å². The maximum atomic E-state index is 11.0. The summed E-state index contributed by atoms with van der Waals surface area (Å²) in [5.74, 6) is -0.326. The molecular weight excluding hydrogens is 248 g/mol. The Morgan fingerprint density at radius 3 is 3.07 bits per heavy atom. The molecule has 0 aliphatic heterocycles. The minimum atomic E-state index is -0.384. The van der Waals surface area contributed by atoms with Crippen molar-refractivity contribution in [2.24, 2.45) is 5.73 Å². The van der Waals surface area contributed by atoms with Gasteiger partial charge in [0, 0.05) is 17.8 Å². The molecule has 0 aromatic carbocycles. The van der Waals surface area contributed by atoms with Gasteiger partial charge in [-0.15, -0.1) is 0 Å². The van der Waals surface area contributed by atoms with Crippen molar-refractivity contribution in [1.29, 1.82) is 0 Å². The molecule has 0 aliphatic rings. The predicted octanol–water partition coefficient (Wildman–Crippen LogP) is 1.41. The maximum absolute atomic E-state index is 11.0. The largest absolute Gasteiger partial charge is 0.469 e. The van der Waals surface area contributed by atoms with Gasteiger partial charge < -0.3 is 10.5 Å². The van der Waals surface area contributed by atoms with Crippen molar-refractivity contribution in [3.05, 3.63) is 28.5 Å². The van der Waals surface area contributed by atoms with E-state index in [2.05, 4.69) is 25.7 Å². The minimum absolute atomic E-state index is 0.154. The van der Waals surface area contributed by atoms with Gasteiger partial charge in [-0.25, -0.2) is 4.98 Å². The fourth-order valence-corrected chi connectivity index (χ4v) is 1.59. The number of rotatable bonds is 3. The fourth-order valence-electron chi connectivity index (χ4n) is 1.05. The summed E-state index contributed by atoms with van der Waals surface area (Å²) in [5.41, 5.74) is 6.61. The maximum Gasteiger partial charge on any atom is 0.307 e. The van der Waals surface area contributed by atoms with E-state index in [4.69, 9.17) is 5.73 Å². The summed E-state index contributed by atoms with van der Waals surface area (Å²) >= 11 is 3.27. The lowest BCUT2D eigenvalue weighted by Crippen LogP contribution is -2.17. The summed E-state index contributed by atoms with van der Waals surface area (Å²) in [6.45, 7) is 0. The van der Waals surface area contributed by atoms with Crippen LogP contribution in [0.5, 0.6) is 0 Å². The summed E-state index contributed by atoms with van der Waals surface area (Å²) in [6, 6.07) is 3.22.